The van der Waals surface area contributed by atoms with Gasteiger partial charge in [-0.15, -0.1) is 6.07 Å². The number of nitrogens with two attached hydrogens (primary N) is 1. The number of anilines is 2. The summed E-state index contributed by atoms with van der Waals surface area (Å²) in [4.78, 5) is 26.8. The third-order valence-corrected chi connectivity index (χ3v) is 3.96. The van der Waals surface area contributed by atoms with Crippen molar-refractivity contribution < 1.29 is 38.4 Å². The van der Waals surface area contributed by atoms with Crippen LogP contribution in [0.1, 0.15) is 36.2 Å². The number of nitrogens with zero attached hydrogens (tertiary/aromatic N) is 2. The molecule has 0 atom stereocenters. The molecule has 0 saturated carbocycles. The SMILES string of the molecule is CC(C)(O)CCN=Cc1cc(NC(=O)c2cccc([N+](=O)[O-])c2)[c-]cc1N.[CH2-]COC[CH2-].[Li+]. The van der Waals surface area contributed by atoms with Gasteiger partial charge in [0.2, 0.25) is 0 Å². The van der Waals surface area contributed by atoms with Gasteiger partial charge in [-0.2, -0.15) is 12.1 Å². The molecule has 0 heterocycles. The van der Waals surface area contributed by atoms with Gasteiger partial charge in [0.05, 0.1) is 10.5 Å². The average molecular weight is 448 g/mol. The minimum Gasteiger partial charge on any atom is -0.449 e. The fraction of sp³-hybridized carbons (Fsp3) is 0.304. The Morgan fingerprint density at radius 1 is 1.36 bits per heavy atom. The van der Waals surface area contributed by atoms with Gasteiger partial charge in [0.25, 0.3) is 11.6 Å². The van der Waals surface area contributed by atoms with E-state index in [9.17, 15) is 20.0 Å². The molecule has 0 unspecified atom stereocenters. The number of hydrogen-bond acceptors (Lipinski definition) is 7. The number of hydrogen-bond donors (Lipinski definition) is 3. The number of amides is 1. The van der Waals surface area contributed by atoms with Gasteiger partial charge in [-0.25, -0.2) is 0 Å². The van der Waals surface area contributed by atoms with E-state index in [2.05, 4.69) is 35.0 Å². The van der Waals surface area contributed by atoms with Crippen molar-refractivity contribution >= 4 is 29.2 Å². The number of nitrogens with one attached hydrogen (secondary N) is 1. The summed E-state index contributed by atoms with van der Waals surface area (Å²) in [6.45, 7) is 11.7. The first kappa shape index (κ1) is 30.3. The molecule has 0 saturated heterocycles. The Morgan fingerprint density at radius 3 is 2.58 bits per heavy atom. The number of carbonyl (C=O) groups is 1. The topological polar surface area (TPSA) is 140 Å². The number of nitro groups is 1. The monoisotopic (exact) mass is 448 g/mol. The molecule has 174 valence electrons. The van der Waals surface area contributed by atoms with E-state index < -0.39 is 16.4 Å². The second-order valence-corrected chi connectivity index (χ2v) is 7.23. The molecule has 0 aromatic heterocycles. The van der Waals surface area contributed by atoms with Crippen LogP contribution in [-0.2, 0) is 4.74 Å². The summed E-state index contributed by atoms with van der Waals surface area (Å²) in [5.41, 5.74) is 6.49. The van der Waals surface area contributed by atoms with Crippen LogP contribution in [0.3, 0.4) is 0 Å². The Morgan fingerprint density at radius 2 is 2.03 bits per heavy atom. The fourth-order valence-electron chi connectivity index (χ4n) is 2.26. The van der Waals surface area contributed by atoms with Crippen molar-refractivity contribution in [2.45, 2.75) is 25.9 Å². The molecule has 0 fully saturated rings. The second kappa shape index (κ2) is 15.2. The zero-order valence-electron chi connectivity index (χ0n) is 19.3. The summed E-state index contributed by atoms with van der Waals surface area (Å²) in [6, 6.07) is 11.4. The number of nitrogen functional groups attached to an aromatic ring is 1. The van der Waals surface area contributed by atoms with Gasteiger partial charge >= 0.3 is 18.9 Å². The number of aliphatic imine (C=N–C) groups is 1. The standard InChI is InChI=1S/C19H21N4O4.C4H8O.Li/c1-19(2,25)8-9-21-12-14-10-15(6-7-17(14)20)22-18(24)13-4-3-5-16(11-13)23(26)27;1-3-5-4-2;/h3-5,7,10-12,25H,8-9,20H2,1-2H3,(H,22,24);1-4H2;/q-1;-2;+1. The molecule has 2 aromatic rings. The van der Waals surface area contributed by atoms with Crippen LogP contribution in [0.4, 0.5) is 17.1 Å². The molecular weight excluding hydrogens is 419 g/mol. The predicted molar refractivity (Wildman–Crippen MR) is 126 cm³/mol. The number of aliphatic hydroxyl groups is 1. The molecule has 2 aromatic carbocycles. The first-order valence-electron chi connectivity index (χ1n) is 9.83. The molecule has 0 aliphatic heterocycles. The van der Waals surface area contributed by atoms with Crippen molar-refractivity contribution in [2.75, 3.05) is 30.8 Å². The Bertz CT molecular complexity index is 927. The second-order valence-electron chi connectivity index (χ2n) is 7.23. The molecule has 33 heavy (non-hydrogen) atoms. The maximum Gasteiger partial charge on any atom is 1.00 e. The Labute approximate surface area is 206 Å². The number of non-ortho nitro benzene ring substituents is 1. The van der Waals surface area contributed by atoms with Crippen LogP contribution in [0.2, 0.25) is 0 Å². The zero-order valence-corrected chi connectivity index (χ0v) is 19.3. The van der Waals surface area contributed by atoms with Crippen LogP contribution in [-0.4, -0.2) is 47.5 Å². The number of benzene rings is 2. The minimum atomic E-state index is -0.801. The Hall–Kier alpha value is -2.70. The molecule has 1 amide bonds. The van der Waals surface area contributed by atoms with E-state index in [1.165, 1.54) is 30.3 Å². The van der Waals surface area contributed by atoms with E-state index in [1.54, 1.807) is 26.1 Å². The van der Waals surface area contributed by atoms with Gasteiger partial charge in [-0.05, 0) is 26.3 Å². The number of nitro benzene ring substituents is 1. The quantitative estimate of drug-likeness (QED) is 0.127. The molecule has 2 rings (SSSR count). The molecule has 10 heteroatoms. The van der Waals surface area contributed by atoms with Gasteiger partial charge in [0.1, 0.15) is 0 Å². The van der Waals surface area contributed by atoms with Crippen LogP contribution in [0.25, 0.3) is 0 Å². The van der Waals surface area contributed by atoms with Crippen molar-refractivity contribution in [2.24, 2.45) is 4.99 Å². The molecular formula is C23H29LiN4O5-2. The van der Waals surface area contributed by atoms with Crippen LogP contribution < -0.4 is 29.9 Å². The summed E-state index contributed by atoms with van der Waals surface area (Å²) >= 11 is 0. The first-order chi connectivity index (χ1) is 15.1. The maximum absolute atomic E-state index is 12.3. The average Bonchev–Trinajstić information content (AvgIpc) is 2.73. The van der Waals surface area contributed by atoms with Crippen molar-refractivity contribution in [1.82, 2.24) is 0 Å². The maximum atomic E-state index is 12.3. The summed E-state index contributed by atoms with van der Waals surface area (Å²) in [7, 11) is 0. The largest absolute Gasteiger partial charge is 1.00 e. The molecule has 0 aliphatic rings. The van der Waals surface area contributed by atoms with Crippen LogP contribution in [0, 0.1) is 30.0 Å². The van der Waals surface area contributed by atoms with E-state index in [4.69, 9.17) is 5.73 Å². The van der Waals surface area contributed by atoms with Crippen molar-refractivity contribution in [3.8, 4) is 0 Å². The van der Waals surface area contributed by atoms with Crippen molar-refractivity contribution in [3.63, 3.8) is 0 Å². The van der Waals surface area contributed by atoms with Crippen molar-refractivity contribution in [3.05, 3.63) is 77.6 Å². The molecule has 0 aliphatic carbocycles. The third-order valence-electron chi connectivity index (χ3n) is 3.96. The van der Waals surface area contributed by atoms with Crippen molar-refractivity contribution in [1.29, 1.82) is 0 Å². The summed E-state index contributed by atoms with van der Waals surface area (Å²) in [5.74, 6) is -0.496. The number of rotatable bonds is 9. The number of carbonyl (C=O) groups excluding carboxylic acids is 1. The normalized spacial score (nSPS) is 10.7. The predicted octanol–water partition coefficient (Wildman–Crippen LogP) is 0.485. The van der Waals surface area contributed by atoms with Gasteiger partial charge in [0.15, 0.2) is 0 Å². The van der Waals surface area contributed by atoms with E-state index in [-0.39, 0.29) is 30.1 Å². The fourth-order valence-corrected chi connectivity index (χ4v) is 2.26. The summed E-state index contributed by atoms with van der Waals surface area (Å²) in [6.07, 6.45) is 2.07. The van der Waals surface area contributed by atoms with Gasteiger partial charge in [-0.3, -0.25) is 19.9 Å². The molecule has 0 spiro atoms. The van der Waals surface area contributed by atoms with E-state index in [0.29, 0.717) is 43.1 Å². The van der Waals surface area contributed by atoms with Gasteiger partial charge in [-0.1, -0.05) is 36.2 Å². The molecule has 4 N–H and O–H groups in total. The smallest absolute Gasteiger partial charge is 0.449 e. The van der Waals surface area contributed by atoms with E-state index >= 15 is 0 Å². The Balaban J connectivity index is 0.00000154. The summed E-state index contributed by atoms with van der Waals surface area (Å²) < 4.78 is 4.61. The van der Waals surface area contributed by atoms with E-state index in [0.717, 1.165) is 0 Å². The number of ether oxygens (including phenoxy) is 1. The molecule has 0 radical (unpaired) electrons. The van der Waals surface area contributed by atoms with Crippen LogP contribution in [0.15, 0.2) is 41.4 Å². The van der Waals surface area contributed by atoms with Crippen LogP contribution >= 0.6 is 0 Å². The molecule has 9 nitrogen and oxygen atoms in total. The van der Waals surface area contributed by atoms with E-state index in [1.807, 2.05) is 0 Å². The third kappa shape index (κ3) is 12.2. The van der Waals surface area contributed by atoms with Gasteiger partial charge in [0, 0.05) is 30.5 Å². The zero-order chi connectivity index (χ0) is 24.1. The van der Waals surface area contributed by atoms with Gasteiger partial charge < -0.3 is 34.7 Å². The Kier molecular flexibility index (Phi) is 13.9. The summed E-state index contributed by atoms with van der Waals surface area (Å²) in [5, 5.41) is 23.1. The molecule has 0 bridgehead atoms. The van der Waals surface area contributed by atoms with Crippen LogP contribution in [0.5, 0.6) is 0 Å². The minimum absolute atomic E-state index is 0. The first-order valence-corrected chi connectivity index (χ1v) is 9.83.